The minimum atomic E-state index is 0.352. The van der Waals surface area contributed by atoms with Crippen LogP contribution in [-0.4, -0.2) is 5.78 Å². The van der Waals surface area contributed by atoms with Gasteiger partial charge in [-0.2, -0.15) is 0 Å². The van der Waals surface area contributed by atoms with E-state index in [9.17, 15) is 4.79 Å². The molecular weight excluding hydrogens is 148 g/mol. The molecule has 0 heterocycles. The first-order valence-corrected chi connectivity index (χ1v) is 4.95. The predicted octanol–water partition coefficient (Wildman–Crippen LogP) is 2.42. The maximum absolute atomic E-state index is 11.6. The average molecular weight is 164 g/mol. The Kier molecular flexibility index (Phi) is 1.82. The van der Waals surface area contributed by atoms with Gasteiger partial charge in [0.05, 0.1) is 0 Å². The number of allylic oxidation sites excluding steroid dienone is 2. The molecular formula is C11H16O. The van der Waals surface area contributed by atoms with E-state index >= 15 is 0 Å². The first-order valence-electron chi connectivity index (χ1n) is 4.95. The van der Waals surface area contributed by atoms with Crippen LogP contribution in [0, 0.1) is 23.7 Å². The van der Waals surface area contributed by atoms with Gasteiger partial charge in [-0.25, -0.2) is 0 Å². The SMILES string of the molecule is CCC(=O)[C@@H]1[C@@H](C)[C@H]2C=C[C@H]1C2. The number of hydrogen-bond acceptors (Lipinski definition) is 1. The third-order valence-corrected chi connectivity index (χ3v) is 3.57. The molecule has 1 nitrogen and oxygen atoms in total. The van der Waals surface area contributed by atoms with Gasteiger partial charge >= 0.3 is 0 Å². The fourth-order valence-corrected chi connectivity index (χ4v) is 2.84. The number of fused-ring (bicyclic) bond motifs is 2. The highest BCUT2D eigenvalue weighted by atomic mass is 16.1. The maximum Gasteiger partial charge on any atom is 0.136 e. The van der Waals surface area contributed by atoms with Gasteiger partial charge in [-0.05, 0) is 24.2 Å². The lowest BCUT2D eigenvalue weighted by Gasteiger charge is -2.22. The highest BCUT2D eigenvalue weighted by molar-refractivity contribution is 5.82. The van der Waals surface area contributed by atoms with Crippen LogP contribution in [0.4, 0.5) is 0 Å². The number of rotatable bonds is 2. The van der Waals surface area contributed by atoms with Crippen molar-refractivity contribution in [2.45, 2.75) is 26.7 Å². The molecule has 1 heteroatoms. The molecule has 1 fully saturated rings. The van der Waals surface area contributed by atoms with Crippen LogP contribution in [0.2, 0.25) is 0 Å². The minimum absolute atomic E-state index is 0.352. The molecule has 4 atom stereocenters. The fourth-order valence-electron chi connectivity index (χ4n) is 2.84. The van der Waals surface area contributed by atoms with Gasteiger partial charge < -0.3 is 0 Å². The summed E-state index contributed by atoms with van der Waals surface area (Å²) in [4.78, 5) is 11.6. The molecule has 66 valence electrons. The van der Waals surface area contributed by atoms with Crippen LogP contribution in [0.3, 0.4) is 0 Å². The monoisotopic (exact) mass is 164 g/mol. The first kappa shape index (κ1) is 8.03. The lowest BCUT2D eigenvalue weighted by molar-refractivity contribution is -0.124. The standard InChI is InChI=1S/C11H16O/c1-3-10(12)11-7(2)8-4-5-9(11)6-8/h4-5,7-9,11H,3,6H2,1-2H3/t7-,8-,9-,11+/m0/s1. The first-order chi connectivity index (χ1) is 5.74. The van der Waals surface area contributed by atoms with Crippen molar-refractivity contribution in [3.05, 3.63) is 12.2 Å². The van der Waals surface area contributed by atoms with E-state index in [1.807, 2.05) is 6.92 Å². The van der Waals surface area contributed by atoms with Gasteiger partial charge in [-0.3, -0.25) is 4.79 Å². The van der Waals surface area contributed by atoms with Crippen LogP contribution in [0.1, 0.15) is 26.7 Å². The van der Waals surface area contributed by atoms with Crippen LogP contribution < -0.4 is 0 Å². The summed E-state index contributed by atoms with van der Waals surface area (Å²) in [6, 6.07) is 0. The van der Waals surface area contributed by atoms with Crippen molar-refractivity contribution in [1.29, 1.82) is 0 Å². The van der Waals surface area contributed by atoms with E-state index < -0.39 is 0 Å². The highest BCUT2D eigenvalue weighted by Gasteiger charge is 2.44. The summed E-state index contributed by atoms with van der Waals surface area (Å²) in [6.45, 7) is 4.21. The second kappa shape index (κ2) is 2.72. The summed E-state index contributed by atoms with van der Waals surface area (Å²) in [5.74, 6) is 2.71. The molecule has 0 N–H and O–H groups in total. The second-order valence-electron chi connectivity index (χ2n) is 4.15. The molecule has 0 unspecified atom stereocenters. The van der Waals surface area contributed by atoms with Crippen LogP contribution in [0.5, 0.6) is 0 Å². The average Bonchev–Trinajstić information content (AvgIpc) is 2.63. The van der Waals surface area contributed by atoms with Crippen molar-refractivity contribution in [2.75, 3.05) is 0 Å². The summed E-state index contributed by atoms with van der Waals surface area (Å²) in [7, 11) is 0. The van der Waals surface area contributed by atoms with Crippen LogP contribution >= 0.6 is 0 Å². The molecule has 0 aromatic rings. The zero-order chi connectivity index (χ0) is 8.72. The van der Waals surface area contributed by atoms with Gasteiger partial charge in [0.1, 0.15) is 5.78 Å². The van der Waals surface area contributed by atoms with Gasteiger partial charge in [0.2, 0.25) is 0 Å². The Morgan fingerprint density at radius 3 is 2.58 bits per heavy atom. The molecule has 0 aromatic heterocycles. The Morgan fingerprint density at radius 1 is 1.42 bits per heavy atom. The molecule has 2 rings (SSSR count). The van der Waals surface area contributed by atoms with Crippen LogP contribution in [0.15, 0.2) is 12.2 Å². The summed E-state index contributed by atoms with van der Waals surface area (Å²) in [5, 5.41) is 0. The number of Topliss-reactive ketones (excluding diaryl/α,β-unsaturated/α-hetero) is 1. The van der Waals surface area contributed by atoms with E-state index in [1.54, 1.807) is 0 Å². The number of carbonyl (C=O) groups excluding carboxylic acids is 1. The van der Waals surface area contributed by atoms with Gasteiger partial charge in [-0.1, -0.05) is 26.0 Å². The van der Waals surface area contributed by atoms with Gasteiger partial charge in [-0.15, -0.1) is 0 Å². The highest BCUT2D eigenvalue weighted by Crippen LogP contribution is 2.48. The summed E-state index contributed by atoms with van der Waals surface area (Å²) in [5.41, 5.74) is 0. The summed E-state index contributed by atoms with van der Waals surface area (Å²) in [6.07, 6.45) is 6.50. The Hall–Kier alpha value is -0.590. The second-order valence-corrected chi connectivity index (χ2v) is 4.15. The predicted molar refractivity (Wildman–Crippen MR) is 48.7 cm³/mol. The molecule has 1 saturated carbocycles. The van der Waals surface area contributed by atoms with Crippen molar-refractivity contribution in [3.8, 4) is 0 Å². The van der Waals surface area contributed by atoms with Crippen molar-refractivity contribution in [3.63, 3.8) is 0 Å². The molecule has 0 radical (unpaired) electrons. The smallest absolute Gasteiger partial charge is 0.136 e. The minimum Gasteiger partial charge on any atom is -0.299 e. The Bertz CT molecular complexity index is 229. The van der Waals surface area contributed by atoms with Crippen LogP contribution in [-0.2, 0) is 4.79 Å². The molecule has 2 aliphatic rings. The molecule has 2 aliphatic carbocycles. The summed E-state index contributed by atoms with van der Waals surface area (Å²) < 4.78 is 0. The zero-order valence-electron chi connectivity index (χ0n) is 7.79. The lowest BCUT2D eigenvalue weighted by Crippen LogP contribution is -2.24. The zero-order valence-corrected chi connectivity index (χ0v) is 7.79. The van der Waals surface area contributed by atoms with Crippen molar-refractivity contribution >= 4 is 5.78 Å². The van der Waals surface area contributed by atoms with E-state index in [-0.39, 0.29) is 0 Å². The van der Waals surface area contributed by atoms with Gasteiger partial charge in [0, 0.05) is 12.3 Å². The number of carbonyl (C=O) groups is 1. The Morgan fingerprint density at radius 2 is 2.08 bits per heavy atom. The third-order valence-electron chi connectivity index (χ3n) is 3.57. The van der Waals surface area contributed by atoms with E-state index in [4.69, 9.17) is 0 Å². The molecule has 0 saturated heterocycles. The lowest BCUT2D eigenvalue weighted by atomic mass is 9.81. The largest absolute Gasteiger partial charge is 0.299 e. The number of hydrogen-bond donors (Lipinski definition) is 0. The summed E-state index contributed by atoms with van der Waals surface area (Å²) >= 11 is 0. The van der Waals surface area contributed by atoms with Crippen molar-refractivity contribution in [1.82, 2.24) is 0 Å². The molecule has 0 spiro atoms. The molecule has 0 aromatic carbocycles. The quantitative estimate of drug-likeness (QED) is 0.573. The van der Waals surface area contributed by atoms with Crippen LogP contribution in [0.25, 0.3) is 0 Å². The maximum atomic E-state index is 11.6. The van der Waals surface area contributed by atoms with E-state index in [2.05, 4.69) is 19.1 Å². The van der Waals surface area contributed by atoms with E-state index in [1.165, 1.54) is 6.42 Å². The topological polar surface area (TPSA) is 17.1 Å². The molecule has 0 aliphatic heterocycles. The molecule has 2 bridgehead atoms. The van der Waals surface area contributed by atoms with Gasteiger partial charge in [0.25, 0.3) is 0 Å². The molecule has 12 heavy (non-hydrogen) atoms. The Labute approximate surface area is 73.8 Å². The van der Waals surface area contributed by atoms with E-state index in [0.29, 0.717) is 35.9 Å². The van der Waals surface area contributed by atoms with Crippen molar-refractivity contribution < 1.29 is 4.79 Å². The number of ketones is 1. The van der Waals surface area contributed by atoms with Crippen molar-refractivity contribution in [2.24, 2.45) is 23.7 Å². The Balaban J connectivity index is 2.18. The molecule has 0 amide bonds. The fraction of sp³-hybridized carbons (Fsp3) is 0.727. The normalized spacial score (nSPS) is 43.8. The van der Waals surface area contributed by atoms with E-state index in [0.717, 1.165) is 0 Å². The van der Waals surface area contributed by atoms with Gasteiger partial charge in [0.15, 0.2) is 0 Å². The third kappa shape index (κ3) is 0.954.